The number of ether oxygens (including phenoxy) is 2. The van der Waals surface area contributed by atoms with Crippen molar-refractivity contribution < 1.29 is 14.3 Å². The van der Waals surface area contributed by atoms with Gasteiger partial charge in [0.15, 0.2) is 0 Å². The van der Waals surface area contributed by atoms with Gasteiger partial charge in [0.2, 0.25) is 0 Å². The predicted octanol–water partition coefficient (Wildman–Crippen LogP) is 2.55. The summed E-state index contributed by atoms with van der Waals surface area (Å²) < 4.78 is 10.4. The minimum Gasteiger partial charge on any atom is -0.491 e. The standard InChI is InChI=1S/C16H18N2O3/c1-20-9-10-21-13-6-4-5-12(11-13)18-16(19)14-7-2-3-8-15(14)17/h2-8,11H,9-10,17H2,1H3,(H,18,19). The molecule has 0 spiro atoms. The lowest BCUT2D eigenvalue weighted by molar-refractivity contribution is 0.102. The van der Waals surface area contributed by atoms with Crippen molar-refractivity contribution in [3.8, 4) is 5.75 Å². The monoisotopic (exact) mass is 286 g/mol. The minimum absolute atomic E-state index is 0.248. The number of carbonyl (C=O) groups excluding carboxylic acids is 1. The maximum Gasteiger partial charge on any atom is 0.257 e. The van der Waals surface area contributed by atoms with E-state index in [-0.39, 0.29) is 5.91 Å². The van der Waals surface area contributed by atoms with Crippen molar-refractivity contribution >= 4 is 17.3 Å². The molecule has 0 bridgehead atoms. The van der Waals surface area contributed by atoms with Gasteiger partial charge in [0.25, 0.3) is 5.91 Å². The van der Waals surface area contributed by atoms with Crippen LogP contribution in [-0.2, 0) is 4.74 Å². The molecular formula is C16H18N2O3. The fourth-order valence-corrected chi connectivity index (χ4v) is 1.81. The van der Waals surface area contributed by atoms with Crippen LogP contribution in [-0.4, -0.2) is 26.2 Å². The van der Waals surface area contributed by atoms with Crippen LogP contribution in [0.3, 0.4) is 0 Å². The smallest absolute Gasteiger partial charge is 0.257 e. The lowest BCUT2D eigenvalue weighted by atomic mass is 10.1. The van der Waals surface area contributed by atoms with Crippen LogP contribution in [0.25, 0.3) is 0 Å². The van der Waals surface area contributed by atoms with Crippen LogP contribution in [0.2, 0.25) is 0 Å². The number of nitrogens with two attached hydrogens (primary N) is 1. The zero-order chi connectivity index (χ0) is 15.1. The highest BCUT2D eigenvalue weighted by Gasteiger charge is 2.09. The first-order chi connectivity index (χ1) is 10.2. The Bertz CT molecular complexity index is 614. The van der Waals surface area contributed by atoms with Crippen LogP contribution < -0.4 is 15.8 Å². The van der Waals surface area contributed by atoms with Crippen molar-refractivity contribution in [2.45, 2.75) is 0 Å². The maximum atomic E-state index is 12.2. The summed E-state index contributed by atoms with van der Waals surface area (Å²) in [4.78, 5) is 12.2. The van der Waals surface area contributed by atoms with Crippen molar-refractivity contribution in [1.29, 1.82) is 0 Å². The number of hydrogen-bond acceptors (Lipinski definition) is 4. The number of carbonyl (C=O) groups is 1. The van der Waals surface area contributed by atoms with Crippen LogP contribution in [0.5, 0.6) is 5.75 Å². The van der Waals surface area contributed by atoms with Gasteiger partial charge in [-0.2, -0.15) is 0 Å². The summed E-state index contributed by atoms with van der Waals surface area (Å²) >= 11 is 0. The third kappa shape index (κ3) is 4.22. The molecular weight excluding hydrogens is 268 g/mol. The molecule has 110 valence electrons. The van der Waals surface area contributed by atoms with E-state index in [4.69, 9.17) is 15.2 Å². The number of nitrogens with one attached hydrogen (secondary N) is 1. The van der Waals surface area contributed by atoms with Crippen molar-refractivity contribution in [3.63, 3.8) is 0 Å². The van der Waals surface area contributed by atoms with Gasteiger partial charge in [0.1, 0.15) is 12.4 Å². The van der Waals surface area contributed by atoms with E-state index in [0.717, 1.165) is 0 Å². The molecule has 0 unspecified atom stereocenters. The van der Waals surface area contributed by atoms with Crippen molar-refractivity contribution in [2.24, 2.45) is 0 Å². The summed E-state index contributed by atoms with van der Waals surface area (Å²) in [7, 11) is 1.62. The molecule has 5 nitrogen and oxygen atoms in total. The molecule has 3 N–H and O–H groups in total. The molecule has 2 aromatic rings. The van der Waals surface area contributed by atoms with Gasteiger partial charge >= 0.3 is 0 Å². The predicted molar refractivity (Wildman–Crippen MR) is 82.6 cm³/mol. The summed E-state index contributed by atoms with van der Waals surface area (Å²) in [6.07, 6.45) is 0. The van der Waals surface area contributed by atoms with E-state index in [2.05, 4.69) is 5.32 Å². The van der Waals surface area contributed by atoms with Crippen molar-refractivity contribution in [3.05, 3.63) is 54.1 Å². The Morgan fingerprint density at radius 1 is 1.14 bits per heavy atom. The number of nitrogen functional groups attached to an aromatic ring is 1. The second-order valence-electron chi connectivity index (χ2n) is 4.41. The minimum atomic E-state index is -0.248. The van der Waals surface area contributed by atoms with E-state index in [1.165, 1.54) is 0 Å². The Morgan fingerprint density at radius 3 is 2.71 bits per heavy atom. The third-order valence-electron chi connectivity index (χ3n) is 2.85. The fraction of sp³-hybridized carbons (Fsp3) is 0.188. The molecule has 0 aliphatic carbocycles. The number of para-hydroxylation sites is 1. The van der Waals surface area contributed by atoms with Crippen LogP contribution >= 0.6 is 0 Å². The first kappa shape index (κ1) is 14.9. The molecule has 0 aromatic heterocycles. The number of methoxy groups -OCH3 is 1. The maximum absolute atomic E-state index is 12.2. The van der Waals surface area contributed by atoms with E-state index in [9.17, 15) is 4.79 Å². The van der Waals surface area contributed by atoms with Gasteiger partial charge in [-0.3, -0.25) is 4.79 Å². The molecule has 0 atom stereocenters. The van der Waals surface area contributed by atoms with Gasteiger partial charge < -0.3 is 20.5 Å². The molecule has 2 rings (SSSR count). The second-order valence-corrected chi connectivity index (χ2v) is 4.41. The van der Waals surface area contributed by atoms with Gasteiger partial charge in [0.05, 0.1) is 12.2 Å². The van der Waals surface area contributed by atoms with E-state index in [1.807, 2.05) is 12.1 Å². The molecule has 0 saturated carbocycles. The van der Waals surface area contributed by atoms with Crippen LogP contribution in [0.4, 0.5) is 11.4 Å². The molecule has 0 radical (unpaired) electrons. The highest BCUT2D eigenvalue weighted by Crippen LogP contribution is 2.19. The average molecular weight is 286 g/mol. The van der Waals surface area contributed by atoms with E-state index in [1.54, 1.807) is 43.5 Å². The van der Waals surface area contributed by atoms with E-state index < -0.39 is 0 Å². The quantitative estimate of drug-likeness (QED) is 0.632. The Balaban J connectivity index is 2.04. The SMILES string of the molecule is COCCOc1cccc(NC(=O)c2ccccc2N)c1. The Kier molecular flexibility index (Phi) is 5.17. The van der Waals surface area contributed by atoms with E-state index in [0.29, 0.717) is 35.9 Å². The van der Waals surface area contributed by atoms with Gasteiger partial charge in [-0.1, -0.05) is 18.2 Å². The Morgan fingerprint density at radius 2 is 1.95 bits per heavy atom. The van der Waals surface area contributed by atoms with E-state index >= 15 is 0 Å². The Labute approximate surface area is 123 Å². The number of anilines is 2. The first-order valence-electron chi connectivity index (χ1n) is 6.58. The van der Waals surface area contributed by atoms with Crippen LogP contribution in [0.15, 0.2) is 48.5 Å². The number of hydrogen-bond donors (Lipinski definition) is 2. The highest BCUT2D eigenvalue weighted by molar-refractivity contribution is 6.07. The lowest BCUT2D eigenvalue weighted by Gasteiger charge is -2.10. The zero-order valence-corrected chi connectivity index (χ0v) is 11.8. The van der Waals surface area contributed by atoms with Gasteiger partial charge in [-0.15, -0.1) is 0 Å². The normalized spacial score (nSPS) is 10.1. The largest absolute Gasteiger partial charge is 0.491 e. The zero-order valence-electron chi connectivity index (χ0n) is 11.8. The molecule has 0 saturated heterocycles. The first-order valence-corrected chi connectivity index (χ1v) is 6.58. The molecule has 0 aliphatic rings. The number of benzene rings is 2. The van der Waals surface area contributed by atoms with Crippen LogP contribution in [0.1, 0.15) is 10.4 Å². The van der Waals surface area contributed by atoms with Crippen molar-refractivity contribution in [1.82, 2.24) is 0 Å². The lowest BCUT2D eigenvalue weighted by Crippen LogP contribution is -2.14. The molecule has 2 aromatic carbocycles. The molecule has 5 heteroatoms. The van der Waals surface area contributed by atoms with Crippen LogP contribution in [0, 0.1) is 0 Å². The Hall–Kier alpha value is -2.53. The van der Waals surface area contributed by atoms with Gasteiger partial charge in [-0.05, 0) is 24.3 Å². The molecule has 21 heavy (non-hydrogen) atoms. The third-order valence-corrected chi connectivity index (χ3v) is 2.85. The topological polar surface area (TPSA) is 73.6 Å². The highest BCUT2D eigenvalue weighted by atomic mass is 16.5. The molecule has 0 aliphatic heterocycles. The van der Waals surface area contributed by atoms with Gasteiger partial charge in [0, 0.05) is 24.6 Å². The summed E-state index contributed by atoms with van der Waals surface area (Å²) in [5.74, 6) is 0.424. The van der Waals surface area contributed by atoms with Gasteiger partial charge in [-0.25, -0.2) is 0 Å². The van der Waals surface area contributed by atoms with Crippen molar-refractivity contribution in [2.75, 3.05) is 31.4 Å². The molecule has 1 amide bonds. The number of amides is 1. The fourth-order valence-electron chi connectivity index (χ4n) is 1.81. The molecule has 0 heterocycles. The summed E-state index contributed by atoms with van der Waals surface area (Å²) in [5.41, 5.74) is 7.33. The summed E-state index contributed by atoms with van der Waals surface area (Å²) in [6.45, 7) is 0.969. The molecule has 0 fully saturated rings. The second kappa shape index (κ2) is 7.31. The average Bonchev–Trinajstić information content (AvgIpc) is 2.48. The summed E-state index contributed by atoms with van der Waals surface area (Å²) in [5, 5.41) is 2.80. The number of rotatable bonds is 6. The summed E-state index contributed by atoms with van der Waals surface area (Å²) in [6, 6.07) is 14.1.